The average Bonchev–Trinajstić information content (AvgIpc) is 2.33. The first-order valence-electron chi connectivity index (χ1n) is 5.60. The average molecular weight is 323 g/mol. The Morgan fingerprint density at radius 1 is 1.32 bits per heavy atom. The van der Waals surface area contributed by atoms with Crippen LogP contribution in [0.1, 0.15) is 15.9 Å². The second-order valence-electron chi connectivity index (χ2n) is 4.12. The van der Waals surface area contributed by atoms with E-state index in [1.807, 2.05) is 0 Å². The summed E-state index contributed by atoms with van der Waals surface area (Å²) in [6, 6.07) is 9.53. The van der Waals surface area contributed by atoms with Crippen molar-refractivity contribution in [2.45, 2.75) is 6.92 Å². The van der Waals surface area contributed by atoms with Crippen molar-refractivity contribution >= 4 is 33.2 Å². The Bertz CT molecular complexity index is 623. The van der Waals surface area contributed by atoms with E-state index in [2.05, 4.69) is 21.2 Å². The number of rotatable bonds is 2. The third kappa shape index (κ3) is 2.93. The largest absolute Gasteiger partial charge is 0.398 e. The summed E-state index contributed by atoms with van der Waals surface area (Å²) in [7, 11) is 0. The van der Waals surface area contributed by atoms with Gasteiger partial charge in [0.05, 0.1) is 11.3 Å². The molecule has 0 saturated carbocycles. The van der Waals surface area contributed by atoms with Crippen LogP contribution in [0.5, 0.6) is 0 Å². The summed E-state index contributed by atoms with van der Waals surface area (Å²) in [6.07, 6.45) is 0. The van der Waals surface area contributed by atoms with Gasteiger partial charge in [0.25, 0.3) is 5.91 Å². The molecule has 0 aromatic heterocycles. The molecule has 0 aliphatic carbocycles. The highest BCUT2D eigenvalue weighted by atomic mass is 79.9. The number of hydrogen-bond donors (Lipinski definition) is 2. The first-order valence-corrected chi connectivity index (χ1v) is 6.40. The van der Waals surface area contributed by atoms with Crippen molar-refractivity contribution in [1.82, 2.24) is 0 Å². The predicted octanol–water partition coefficient (Wildman–Crippen LogP) is 3.73. The van der Waals surface area contributed by atoms with Gasteiger partial charge in [0.1, 0.15) is 5.82 Å². The highest BCUT2D eigenvalue weighted by molar-refractivity contribution is 9.10. The lowest BCUT2D eigenvalue weighted by Crippen LogP contribution is -2.16. The fraction of sp³-hybridized carbons (Fsp3) is 0.0714. The molecule has 0 spiro atoms. The van der Waals surface area contributed by atoms with Gasteiger partial charge in [-0.1, -0.05) is 28.1 Å². The zero-order chi connectivity index (χ0) is 14.0. The van der Waals surface area contributed by atoms with Gasteiger partial charge in [-0.15, -0.1) is 0 Å². The maximum Gasteiger partial charge on any atom is 0.258 e. The molecule has 0 bridgehead atoms. The molecule has 2 aromatic carbocycles. The van der Waals surface area contributed by atoms with Crippen LogP contribution in [-0.2, 0) is 0 Å². The van der Waals surface area contributed by atoms with E-state index in [-0.39, 0.29) is 5.69 Å². The van der Waals surface area contributed by atoms with Crippen LogP contribution in [0.3, 0.4) is 0 Å². The number of aryl methyl sites for hydroxylation is 1. The van der Waals surface area contributed by atoms with Gasteiger partial charge in [-0.3, -0.25) is 4.79 Å². The van der Waals surface area contributed by atoms with Crippen molar-refractivity contribution in [2.75, 3.05) is 11.1 Å². The summed E-state index contributed by atoms with van der Waals surface area (Å²) in [6.45, 7) is 1.78. The topological polar surface area (TPSA) is 55.1 Å². The molecule has 0 aliphatic rings. The van der Waals surface area contributed by atoms with Crippen LogP contribution < -0.4 is 11.1 Å². The van der Waals surface area contributed by atoms with Gasteiger partial charge in [-0.25, -0.2) is 4.39 Å². The predicted molar refractivity (Wildman–Crippen MR) is 77.6 cm³/mol. The fourth-order valence-corrected chi connectivity index (χ4v) is 2.14. The molecule has 19 heavy (non-hydrogen) atoms. The van der Waals surface area contributed by atoms with Crippen LogP contribution in [0.25, 0.3) is 0 Å². The lowest BCUT2D eigenvalue weighted by Gasteiger charge is -2.11. The first-order chi connectivity index (χ1) is 8.99. The molecule has 5 heteroatoms. The Balaban J connectivity index is 2.34. The van der Waals surface area contributed by atoms with Crippen molar-refractivity contribution in [3.63, 3.8) is 0 Å². The molecule has 0 unspecified atom stereocenters. The maximum absolute atomic E-state index is 13.6. The zero-order valence-corrected chi connectivity index (χ0v) is 11.8. The van der Waals surface area contributed by atoms with Crippen molar-refractivity contribution < 1.29 is 9.18 Å². The molecule has 0 atom stereocenters. The summed E-state index contributed by atoms with van der Waals surface area (Å²) >= 11 is 3.23. The van der Waals surface area contributed by atoms with Gasteiger partial charge in [-0.05, 0) is 36.8 Å². The van der Waals surface area contributed by atoms with Crippen molar-refractivity contribution in [1.29, 1.82) is 0 Å². The molecule has 0 fully saturated rings. The van der Waals surface area contributed by atoms with Gasteiger partial charge in [0.2, 0.25) is 0 Å². The molecule has 98 valence electrons. The zero-order valence-electron chi connectivity index (χ0n) is 10.2. The minimum Gasteiger partial charge on any atom is -0.398 e. The third-order valence-corrected chi connectivity index (χ3v) is 3.20. The van der Waals surface area contributed by atoms with Crippen molar-refractivity contribution in [3.05, 3.63) is 57.8 Å². The maximum atomic E-state index is 13.6. The minimum atomic E-state index is -0.497. The molecule has 0 radical (unpaired) electrons. The molecule has 0 heterocycles. The molecule has 1 amide bonds. The highest BCUT2D eigenvalue weighted by Crippen LogP contribution is 2.23. The molecule has 3 nitrogen and oxygen atoms in total. The second-order valence-corrected chi connectivity index (χ2v) is 5.03. The number of benzene rings is 2. The normalized spacial score (nSPS) is 10.3. The SMILES string of the molecule is Cc1cccc(N)c1C(=O)Nc1cc(Br)ccc1F. The summed E-state index contributed by atoms with van der Waals surface area (Å²) < 4.78 is 14.3. The van der Waals surface area contributed by atoms with E-state index < -0.39 is 11.7 Å². The number of carbonyl (C=O) groups is 1. The highest BCUT2D eigenvalue weighted by Gasteiger charge is 2.14. The van der Waals surface area contributed by atoms with Crippen molar-refractivity contribution in [3.8, 4) is 0 Å². The summed E-state index contributed by atoms with van der Waals surface area (Å²) in [5.74, 6) is -0.920. The molecule has 2 rings (SSSR count). The Labute approximate surface area is 118 Å². The molecule has 0 saturated heterocycles. The molecular formula is C14H12BrFN2O. The second kappa shape index (κ2) is 5.40. The number of halogens is 2. The summed E-state index contributed by atoms with van der Waals surface area (Å²) in [5, 5.41) is 2.53. The van der Waals surface area contributed by atoms with Gasteiger partial charge in [0.15, 0.2) is 0 Å². The number of amides is 1. The smallest absolute Gasteiger partial charge is 0.258 e. The number of hydrogen-bond acceptors (Lipinski definition) is 2. The summed E-state index contributed by atoms with van der Waals surface area (Å²) in [4.78, 5) is 12.1. The quantitative estimate of drug-likeness (QED) is 0.828. The van der Waals surface area contributed by atoms with Crippen LogP contribution in [0.4, 0.5) is 15.8 Å². The van der Waals surface area contributed by atoms with E-state index in [0.29, 0.717) is 15.7 Å². The van der Waals surface area contributed by atoms with E-state index in [1.165, 1.54) is 12.1 Å². The molecule has 0 aliphatic heterocycles. The van der Waals surface area contributed by atoms with Crippen LogP contribution in [0.15, 0.2) is 40.9 Å². The van der Waals surface area contributed by atoms with E-state index in [1.54, 1.807) is 31.2 Å². The van der Waals surface area contributed by atoms with Crippen LogP contribution in [-0.4, -0.2) is 5.91 Å². The molecule has 2 aromatic rings. The van der Waals surface area contributed by atoms with Gasteiger partial charge in [-0.2, -0.15) is 0 Å². The van der Waals surface area contributed by atoms with E-state index in [9.17, 15) is 9.18 Å². The van der Waals surface area contributed by atoms with Crippen molar-refractivity contribution in [2.24, 2.45) is 0 Å². The fourth-order valence-electron chi connectivity index (χ4n) is 1.78. The molecular weight excluding hydrogens is 311 g/mol. The number of nitrogens with two attached hydrogens (primary N) is 1. The standard InChI is InChI=1S/C14H12BrFN2O/c1-8-3-2-4-11(17)13(8)14(19)18-12-7-9(15)5-6-10(12)16/h2-7H,17H2,1H3,(H,18,19). The van der Waals surface area contributed by atoms with E-state index >= 15 is 0 Å². The van der Waals surface area contributed by atoms with E-state index in [0.717, 1.165) is 5.56 Å². The van der Waals surface area contributed by atoms with E-state index in [4.69, 9.17) is 5.73 Å². The lowest BCUT2D eigenvalue weighted by molar-refractivity contribution is 0.102. The van der Waals surface area contributed by atoms with Crippen LogP contribution in [0.2, 0.25) is 0 Å². The first kappa shape index (κ1) is 13.5. The number of carbonyl (C=O) groups excluding carboxylic acids is 1. The number of anilines is 2. The van der Waals surface area contributed by atoms with Gasteiger partial charge >= 0.3 is 0 Å². The van der Waals surface area contributed by atoms with Crippen LogP contribution >= 0.6 is 15.9 Å². The summed E-state index contributed by atoms with van der Waals surface area (Å²) in [5.41, 5.74) is 7.37. The Hall–Kier alpha value is -1.88. The molecule has 3 N–H and O–H groups in total. The van der Waals surface area contributed by atoms with Crippen LogP contribution in [0, 0.1) is 12.7 Å². The Morgan fingerprint density at radius 2 is 2.05 bits per heavy atom. The lowest BCUT2D eigenvalue weighted by atomic mass is 10.1. The minimum absolute atomic E-state index is 0.113. The monoisotopic (exact) mass is 322 g/mol. The Morgan fingerprint density at radius 3 is 2.74 bits per heavy atom. The van der Waals surface area contributed by atoms with Gasteiger partial charge in [0, 0.05) is 10.2 Å². The number of nitrogen functional groups attached to an aromatic ring is 1. The Kier molecular flexibility index (Phi) is 3.85. The number of nitrogens with one attached hydrogen (secondary N) is 1. The third-order valence-electron chi connectivity index (χ3n) is 2.71. The van der Waals surface area contributed by atoms with Gasteiger partial charge < -0.3 is 11.1 Å².